The van der Waals surface area contributed by atoms with Crippen molar-refractivity contribution in [2.75, 3.05) is 0 Å². The molecule has 0 bridgehead atoms. The number of carbonyl (C=O) groups excluding carboxylic acids is 3. The first-order valence-electron chi connectivity index (χ1n) is 11.2. The zero-order chi connectivity index (χ0) is 23.9. The maximum absolute atomic E-state index is 17.1. The largest absolute Gasteiger partial charge is 0.738 e. The zero-order valence-corrected chi connectivity index (χ0v) is 19.5. The second-order valence-electron chi connectivity index (χ2n) is 10.3. The van der Waals surface area contributed by atoms with Crippen molar-refractivity contribution >= 4 is 29.5 Å². The maximum Gasteiger partial charge on any atom is 0.306 e. The fourth-order valence-corrected chi connectivity index (χ4v) is 7.95. The van der Waals surface area contributed by atoms with E-state index in [1.54, 1.807) is 20.8 Å². The first kappa shape index (κ1) is 23.5. The lowest BCUT2D eigenvalue weighted by atomic mass is 9.44. The van der Waals surface area contributed by atoms with Gasteiger partial charge in [-0.25, -0.2) is 8.78 Å². The smallest absolute Gasteiger partial charge is 0.306 e. The van der Waals surface area contributed by atoms with Gasteiger partial charge in [0.2, 0.25) is 0 Å². The molecule has 0 aliphatic heterocycles. The number of aliphatic hydroxyl groups excluding tert-OH is 1. The van der Waals surface area contributed by atoms with Crippen molar-refractivity contribution in [2.24, 2.45) is 28.6 Å². The van der Waals surface area contributed by atoms with Gasteiger partial charge in [0.1, 0.15) is 6.17 Å². The van der Waals surface area contributed by atoms with Crippen molar-refractivity contribution < 1.29 is 33.0 Å². The Morgan fingerprint density at radius 1 is 1.28 bits per heavy atom. The van der Waals surface area contributed by atoms with Crippen LogP contribution in [0.5, 0.6) is 0 Å². The highest BCUT2D eigenvalue weighted by atomic mass is 32.1. The average Bonchev–Trinajstić information content (AvgIpc) is 2.93. The molecule has 4 aliphatic carbocycles. The summed E-state index contributed by atoms with van der Waals surface area (Å²) in [4.78, 5) is 37.1. The predicted molar refractivity (Wildman–Crippen MR) is 115 cm³/mol. The molecule has 0 amide bonds. The van der Waals surface area contributed by atoms with Gasteiger partial charge >= 0.3 is 5.97 Å². The van der Waals surface area contributed by atoms with E-state index in [0.29, 0.717) is 6.42 Å². The average molecular weight is 468 g/mol. The third kappa shape index (κ3) is 2.59. The monoisotopic (exact) mass is 467 g/mol. The summed E-state index contributed by atoms with van der Waals surface area (Å²) in [5, 5.41) is 10.5. The van der Waals surface area contributed by atoms with Gasteiger partial charge in [-0.05, 0) is 49.8 Å². The maximum atomic E-state index is 17.1. The molecule has 1 N–H and O–H groups in total. The fourth-order valence-electron chi connectivity index (χ4n) is 7.47. The van der Waals surface area contributed by atoms with Crippen LogP contribution in [-0.2, 0) is 31.7 Å². The van der Waals surface area contributed by atoms with E-state index in [0.717, 1.165) is 6.08 Å². The van der Waals surface area contributed by atoms with E-state index >= 15 is 8.78 Å². The van der Waals surface area contributed by atoms with E-state index in [1.807, 2.05) is 0 Å². The summed E-state index contributed by atoms with van der Waals surface area (Å²) in [6.45, 7) is 6.57. The molecular formula is C24H29F2O5S-. The van der Waals surface area contributed by atoms with Crippen LogP contribution >= 0.6 is 0 Å². The summed E-state index contributed by atoms with van der Waals surface area (Å²) < 4.78 is 38.3. The van der Waals surface area contributed by atoms with E-state index in [4.69, 9.17) is 17.4 Å². The summed E-state index contributed by atoms with van der Waals surface area (Å²) >= 11 is 5.07. The Morgan fingerprint density at radius 2 is 1.94 bits per heavy atom. The molecule has 8 heteroatoms. The number of ketones is 1. The summed E-state index contributed by atoms with van der Waals surface area (Å²) in [5.74, 6) is -3.02. The Kier molecular flexibility index (Phi) is 5.26. The van der Waals surface area contributed by atoms with Gasteiger partial charge in [-0.1, -0.05) is 26.8 Å². The number of aliphatic hydroxyl groups is 1. The molecule has 4 aliphatic rings. The van der Waals surface area contributed by atoms with Gasteiger partial charge in [0.25, 0.3) is 0 Å². The normalized spacial score (nSPS) is 49.5. The highest BCUT2D eigenvalue weighted by Crippen LogP contribution is 2.71. The lowest BCUT2D eigenvalue weighted by molar-refractivity contribution is -0.228. The van der Waals surface area contributed by atoms with Gasteiger partial charge < -0.3 is 27.3 Å². The van der Waals surface area contributed by atoms with Gasteiger partial charge in [0, 0.05) is 29.1 Å². The molecule has 3 fully saturated rings. The zero-order valence-electron chi connectivity index (χ0n) is 18.7. The standard InChI is InChI=1S/C24H30F2O5S/c1-5-19(29)31-24(20(30)32)12(2)8-14-15-10-17(25)16-9-13(27)6-7-21(16,3)23(15,26)18(28)11-22(14,24)4/h6-7,9,12,14-15,17-18,28H,5,8,10-11H2,1-4H3,(H,30,32)/p-1/t12-,14?,15?,17+,18+,21?,22?,23+,24+/m1/s1. The van der Waals surface area contributed by atoms with Crippen LogP contribution in [0, 0.1) is 28.6 Å². The number of rotatable bonds is 3. The lowest BCUT2D eigenvalue weighted by Gasteiger charge is -2.63. The molecule has 0 aromatic carbocycles. The molecule has 4 rings (SSSR count). The molecule has 32 heavy (non-hydrogen) atoms. The van der Waals surface area contributed by atoms with Crippen LogP contribution in [0.25, 0.3) is 0 Å². The van der Waals surface area contributed by atoms with Crippen LogP contribution in [0.4, 0.5) is 8.78 Å². The molecule has 176 valence electrons. The summed E-state index contributed by atoms with van der Waals surface area (Å²) in [7, 11) is 0. The van der Waals surface area contributed by atoms with E-state index in [-0.39, 0.29) is 24.8 Å². The third-order valence-electron chi connectivity index (χ3n) is 9.04. The second kappa shape index (κ2) is 7.16. The summed E-state index contributed by atoms with van der Waals surface area (Å²) in [6, 6.07) is 0. The molecule has 0 aromatic rings. The number of alkyl halides is 2. The number of fused-ring (bicyclic) bond motifs is 5. The highest BCUT2D eigenvalue weighted by Gasteiger charge is 2.76. The van der Waals surface area contributed by atoms with Crippen LogP contribution in [-0.4, -0.2) is 45.5 Å². The number of hydrogen-bond donors (Lipinski definition) is 1. The van der Waals surface area contributed by atoms with Gasteiger partial charge in [0.15, 0.2) is 17.1 Å². The van der Waals surface area contributed by atoms with Crippen molar-refractivity contribution in [3.05, 3.63) is 23.8 Å². The Labute approximate surface area is 192 Å². The molecule has 0 saturated heterocycles. The van der Waals surface area contributed by atoms with Crippen LogP contribution < -0.4 is 0 Å². The highest BCUT2D eigenvalue weighted by molar-refractivity contribution is 7.77. The first-order chi connectivity index (χ1) is 14.8. The Morgan fingerprint density at radius 3 is 2.53 bits per heavy atom. The summed E-state index contributed by atoms with van der Waals surface area (Å²) in [6.07, 6.45) is 0.529. The second-order valence-corrected chi connectivity index (χ2v) is 10.7. The number of ether oxygens (including phenoxy) is 1. The number of hydrogen-bond acceptors (Lipinski definition) is 6. The van der Waals surface area contributed by atoms with Crippen molar-refractivity contribution in [1.29, 1.82) is 0 Å². The van der Waals surface area contributed by atoms with Crippen molar-refractivity contribution in [3.63, 3.8) is 0 Å². The topological polar surface area (TPSA) is 80.7 Å². The van der Waals surface area contributed by atoms with Gasteiger partial charge in [-0.2, -0.15) is 0 Å². The fraction of sp³-hybridized carbons (Fsp3) is 0.708. The Bertz CT molecular complexity index is 949. The van der Waals surface area contributed by atoms with Gasteiger partial charge in [-0.3, -0.25) is 9.59 Å². The number of allylic oxidation sites excluding steroid dienone is 4. The van der Waals surface area contributed by atoms with Crippen molar-refractivity contribution in [3.8, 4) is 0 Å². The minimum absolute atomic E-state index is 0.0362. The Hall–Kier alpha value is -1.67. The van der Waals surface area contributed by atoms with Gasteiger partial charge in [0.05, 0.1) is 11.2 Å². The van der Waals surface area contributed by atoms with Gasteiger partial charge in [-0.15, -0.1) is 0 Å². The number of halogens is 2. The van der Waals surface area contributed by atoms with Crippen molar-refractivity contribution in [2.45, 2.75) is 76.9 Å². The SMILES string of the molecule is CCC(=O)O[C@]1(C(=O)[S-])[C@H](C)CC2C3C[C@H](F)C4=CC(=O)C=CC4(C)[C@@]3(F)[C@@H](O)CC21C. The molecule has 0 aromatic heterocycles. The van der Waals surface area contributed by atoms with Crippen LogP contribution in [0.1, 0.15) is 53.4 Å². The molecular weight excluding hydrogens is 438 g/mol. The molecule has 9 atom stereocenters. The molecule has 4 unspecified atom stereocenters. The molecule has 0 spiro atoms. The Balaban J connectivity index is 1.87. The van der Waals surface area contributed by atoms with Crippen LogP contribution in [0.2, 0.25) is 0 Å². The number of carbonyl (C=O) groups is 3. The molecule has 0 heterocycles. The first-order valence-corrected chi connectivity index (χ1v) is 11.6. The molecule has 3 saturated carbocycles. The summed E-state index contributed by atoms with van der Waals surface area (Å²) in [5.41, 5.74) is -6.56. The number of esters is 1. The minimum atomic E-state index is -2.25. The molecule has 0 radical (unpaired) electrons. The minimum Gasteiger partial charge on any atom is -0.738 e. The van der Waals surface area contributed by atoms with E-state index in [9.17, 15) is 19.5 Å². The van der Waals surface area contributed by atoms with Crippen LogP contribution in [0.3, 0.4) is 0 Å². The van der Waals surface area contributed by atoms with E-state index in [1.165, 1.54) is 19.1 Å². The molecule has 5 nitrogen and oxygen atoms in total. The predicted octanol–water partition coefficient (Wildman–Crippen LogP) is 3.32. The van der Waals surface area contributed by atoms with E-state index in [2.05, 4.69) is 0 Å². The van der Waals surface area contributed by atoms with E-state index < -0.39 is 69.0 Å². The van der Waals surface area contributed by atoms with Crippen LogP contribution in [0.15, 0.2) is 23.8 Å². The third-order valence-corrected chi connectivity index (χ3v) is 9.34. The lowest BCUT2D eigenvalue weighted by Crippen LogP contribution is -2.70. The quantitative estimate of drug-likeness (QED) is 0.507. The van der Waals surface area contributed by atoms with Crippen molar-refractivity contribution in [1.82, 2.24) is 0 Å².